The van der Waals surface area contributed by atoms with Gasteiger partial charge in [0.25, 0.3) is 11.8 Å². The second-order valence-electron chi connectivity index (χ2n) is 8.10. The molecule has 0 bridgehead atoms. The van der Waals surface area contributed by atoms with E-state index < -0.39 is 72.8 Å². The van der Waals surface area contributed by atoms with Crippen molar-refractivity contribution >= 4 is 17.6 Å². The van der Waals surface area contributed by atoms with Crippen LogP contribution in [0.5, 0.6) is 0 Å². The average Bonchev–Trinajstić information content (AvgIpc) is 3.24. The molecule has 1 atom stereocenters. The second kappa shape index (κ2) is 11.1. The summed E-state index contributed by atoms with van der Waals surface area (Å²) in [5.74, 6) is -6.53. The smallest absolute Gasteiger partial charge is 0.395 e. The molecule has 0 spiro atoms. The van der Waals surface area contributed by atoms with E-state index in [1.54, 1.807) is 0 Å². The minimum absolute atomic E-state index is 0.248. The number of hydrogen-bond donors (Lipinski definition) is 4. The number of amides is 2. The molecular formula is C23H21F6N5O4. The molecule has 0 aliphatic rings. The summed E-state index contributed by atoms with van der Waals surface area (Å²) in [5.41, 5.74) is 1.04. The first-order chi connectivity index (χ1) is 17.8. The minimum atomic E-state index is -5.43. The van der Waals surface area contributed by atoms with E-state index in [1.165, 1.54) is 12.1 Å². The number of anilines is 1. The number of carbonyl (C=O) groups is 2. The van der Waals surface area contributed by atoms with Crippen molar-refractivity contribution in [2.45, 2.75) is 11.8 Å². The first-order valence-electron chi connectivity index (χ1n) is 10.8. The van der Waals surface area contributed by atoms with E-state index in [0.29, 0.717) is 6.07 Å². The lowest BCUT2D eigenvalue weighted by molar-refractivity contribution is -0.260. The summed E-state index contributed by atoms with van der Waals surface area (Å²) in [5, 5.41) is 25.4. The highest BCUT2D eigenvalue weighted by Gasteiger charge is 2.55. The van der Waals surface area contributed by atoms with Crippen molar-refractivity contribution in [1.29, 1.82) is 0 Å². The van der Waals surface area contributed by atoms with Crippen molar-refractivity contribution < 1.29 is 46.1 Å². The fraction of sp³-hybridized carbons (Fsp3) is 0.261. The Morgan fingerprint density at radius 1 is 1.05 bits per heavy atom. The normalized spacial score (nSPS) is 13.2. The van der Waals surface area contributed by atoms with E-state index in [9.17, 15) is 46.1 Å². The van der Waals surface area contributed by atoms with Gasteiger partial charge in [-0.15, -0.1) is 0 Å². The van der Waals surface area contributed by atoms with Gasteiger partial charge in [-0.2, -0.15) is 18.3 Å². The summed E-state index contributed by atoms with van der Waals surface area (Å²) < 4.78 is 83.5. The molecule has 0 saturated carbocycles. The number of nitrogens with two attached hydrogens (primary N) is 1. The zero-order valence-electron chi connectivity index (χ0n) is 19.3. The van der Waals surface area contributed by atoms with Crippen molar-refractivity contribution in [3.8, 4) is 5.69 Å². The van der Waals surface area contributed by atoms with E-state index >= 15 is 0 Å². The number of nitrogens with one attached hydrogen (secondary N) is 1. The predicted molar refractivity (Wildman–Crippen MR) is 121 cm³/mol. The standard InChI is InChI=1S/C23H21F6N5O4/c24-13-4-6-14(7-5-13)34-19(30)16(10-32-34)20(36)31-11-22(38,23(27,28)29)12-33(8-9-35)21(37)15-2-1-3-17(25)18(15)26/h1-7,10,35,38H,8-9,11-12,30H2,(H,31,36). The fourth-order valence-corrected chi connectivity index (χ4v) is 3.42. The maximum absolute atomic E-state index is 14.1. The molecule has 0 radical (unpaired) electrons. The number of alkyl halides is 3. The monoisotopic (exact) mass is 545 g/mol. The molecule has 3 aromatic rings. The molecule has 1 aromatic heterocycles. The van der Waals surface area contributed by atoms with Gasteiger partial charge in [-0.1, -0.05) is 6.07 Å². The van der Waals surface area contributed by atoms with E-state index in [2.05, 4.69) is 5.10 Å². The van der Waals surface area contributed by atoms with E-state index in [-0.39, 0.29) is 22.0 Å². The minimum Gasteiger partial charge on any atom is -0.395 e. The molecule has 38 heavy (non-hydrogen) atoms. The SMILES string of the molecule is Nc1c(C(=O)NCC(O)(CN(CCO)C(=O)c2cccc(F)c2F)C(F)(F)F)cnn1-c1ccc(F)cc1. The molecule has 1 unspecified atom stereocenters. The first-order valence-corrected chi connectivity index (χ1v) is 10.8. The maximum Gasteiger partial charge on any atom is 0.420 e. The molecule has 3 rings (SSSR count). The number of rotatable bonds is 9. The molecule has 5 N–H and O–H groups in total. The van der Waals surface area contributed by atoms with Crippen LogP contribution in [0.1, 0.15) is 20.7 Å². The number of carbonyl (C=O) groups excluding carboxylic acids is 2. The Hall–Kier alpha value is -4.11. The Morgan fingerprint density at radius 3 is 2.32 bits per heavy atom. The Kier molecular flexibility index (Phi) is 8.31. The number of aromatic nitrogens is 2. The Bertz CT molecular complexity index is 1310. The molecule has 0 aliphatic heterocycles. The quantitative estimate of drug-likeness (QED) is 0.304. The third-order valence-electron chi connectivity index (χ3n) is 5.48. The Balaban J connectivity index is 1.82. The third kappa shape index (κ3) is 5.89. The van der Waals surface area contributed by atoms with Crippen LogP contribution >= 0.6 is 0 Å². The lowest BCUT2D eigenvalue weighted by atomic mass is 10.0. The molecule has 1 heterocycles. The van der Waals surface area contributed by atoms with Gasteiger partial charge in [0.15, 0.2) is 17.2 Å². The fourth-order valence-electron chi connectivity index (χ4n) is 3.42. The molecular weight excluding hydrogens is 524 g/mol. The van der Waals surface area contributed by atoms with Gasteiger partial charge in [-0.25, -0.2) is 17.9 Å². The molecule has 15 heteroatoms. The van der Waals surface area contributed by atoms with E-state index in [0.717, 1.165) is 35.1 Å². The maximum atomic E-state index is 14.1. The number of aliphatic hydroxyl groups excluding tert-OH is 1. The van der Waals surface area contributed by atoms with Crippen molar-refractivity contribution in [2.24, 2.45) is 0 Å². The molecule has 9 nitrogen and oxygen atoms in total. The molecule has 2 amide bonds. The summed E-state index contributed by atoms with van der Waals surface area (Å²) in [6, 6.07) is 7.22. The van der Waals surface area contributed by atoms with Crippen LogP contribution in [-0.2, 0) is 0 Å². The number of aliphatic hydroxyl groups is 2. The van der Waals surface area contributed by atoms with Crippen LogP contribution in [0.4, 0.5) is 32.2 Å². The summed E-state index contributed by atoms with van der Waals surface area (Å²) in [4.78, 5) is 25.5. The van der Waals surface area contributed by atoms with Crippen LogP contribution in [0, 0.1) is 17.5 Å². The van der Waals surface area contributed by atoms with Gasteiger partial charge in [0, 0.05) is 6.54 Å². The molecule has 0 fully saturated rings. The molecule has 0 aliphatic carbocycles. The number of benzene rings is 2. The first kappa shape index (κ1) is 28.5. The average molecular weight is 545 g/mol. The van der Waals surface area contributed by atoms with Crippen molar-refractivity contribution in [3.05, 3.63) is 77.2 Å². The molecule has 0 saturated heterocycles. The van der Waals surface area contributed by atoms with Gasteiger partial charge in [0.1, 0.15) is 17.2 Å². The molecule has 204 valence electrons. The van der Waals surface area contributed by atoms with Crippen LogP contribution in [0.3, 0.4) is 0 Å². The lowest BCUT2D eigenvalue weighted by Gasteiger charge is -2.35. The predicted octanol–water partition coefficient (Wildman–Crippen LogP) is 2.03. The summed E-state index contributed by atoms with van der Waals surface area (Å²) in [6.07, 6.45) is -4.49. The zero-order valence-corrected chi connectivity index (χ0v) is 19.3. The van der Waals surface area contributed by atoms with Crippen molar-refractivity contribution in [1.82, 2.24) is 20.0 Å². The van der Waals surface area contributed by atoms with Crippen LogP contribution in [0.15, 0.2) is 48.7 Å². The Labute approximate surface area is 211 Å². The summed E-state index contributed by atoms with van der Waals surface area (Å²) in [6.45, 7) is -4.69. The third-order valence-corrected chi connectivity index (χ3v) is 5.48. The van der Waals surface area contributed by atoms with Crippen molar-refractivity contribution in [2.75, 3.05) is 32.0 Å². The topological polar surface area (TPSA) is 134 Å². The molecule has 2 aromatic carbocycles. The van der Waals surface area contributed by atoms with Crippen LogP contribution in [-0.4, -0.2) is 74.7 Å². The number of nitrogens with zero attached hydrogens (tertiary/aromatic N) is 3. The Morgan fingerprint density at radius 2 is 1.71 bits per heavy atom. The highest BCUT2D eigenvalue weighted by atomic mass is 19.4. The van der Waals surface area contributed by atoms with E-state index in [4.69, 9.17) is 5.73 Å². The summed E-state index contributed by atoms with van der Waals surface area (Å²) in [7, 11) is 0. The number of nitrogen functional groups attached to an aromatic ring is 1. The van der Waals surface area contributed by atoms with Crippen LogP contribution in [0.2, 0.25) is 0 Å². The van der Waals surface area contributed by atoms with E-state index in [1.807, 2.05) is 5.32 Å². The van der Waals surface area contributed by atoms with Gasteiger partial charge in [-0.05, 0) is 36.4 Å². The highest BCUT2D eigenvalue weighted by Crippen LogP contribution is 2.32. The second-order valence-corrected chi connectivity index (χ2v) is 8.10. The zero-order chi connectivity index (χ0) is 28.3. The lowest BCUT2D eigenvalue weighted by Crippen LogP contribution is -2.60. The van der Waals surface area contributed by atoms with Gasteiger partial charge in [0.2, 0.25) is 0 Å². The largest absolute Gasteiger partial charge is 0.420 e. The number of hydrogen-bond acceptors (Lipinski definition) is 6. The van der Waals surface area contributed by atoms with Crippen LogP contribution in [0.25, 0.3) is 5.69 Å². The van der Waals surface area contributed by atoms with Gasteiger partial charge >= 0.3 is 6.18 Å². The van der Waals surface area contributed by atoms with Gasteiger partial charge in [0.05, 0.1) is 37.1 Å². The highest BCUT2D eigenvalue weighted by molar-refractivity contribution is 5.98. The summed E-state index contributed by atoms with van der Waals surface area (Å²) >= 11 is 0. The van der Waals surface area contributed by atoms with Gasteiger partial charge < -0.3 is 26.2 Å². The number of halogens is 6. The van der Waals surface area contributed by atoms with Gasteiger partial charge in [-0.3, -0.25) is 9.59 Å². The van der Waals surface area contributed by atoms with Crippen LogP contribution < -0.4 is 11.1 Å². The van der Waals surface area contributed by atoms with Crippen molar-refractivity contribution in [3.63, 3.8) is 0 Å².